The summed E-state index contributed by atoms with van der Waals surface area (Å²) < 4.78 is 1.91. The van der Waals surface area contributed by atoms with Crippen LogP contribution >= 0.6 is 11.6 Å². The summed E-state index contributed by atoms with van der Waals surface area (Å²) in [6.45, 7) is 0.658. The zero-order valence-electron chi connectivity index (χ0n) is 14.7. The second-order valence-electron chi connectivity index (χ2n) is 7.32. The summed E-state index contributed by atoms with van der Waals surface area (Å²) in [4.78, 5) is 4.46. The van der Waals surface area contributed by atoms with E-state index in [0.29, 0.717) is 18.5 Å². The smallest absolute Gasteiger partial charge is 0.174 e. The molecule has 1 fully saturated rings. The van der Waals surface area contributed by atoms with Crippen molar-refractivity contribution in [2.24, 2.45) is 17.4 Å². The van der Waals surface area contributed by atoms with Crippen molar-refractivity contribution in [2.75, 3.05) is 5.43 Å². The van der Waals surface area contributed by atoms with Crippen LogP contribution in [0.25, 0.3) is 5.70 Å². The van der Waals surface area contributed by atoms with Gasteiger partial charge in [0.05, 0.1) is 5.70 Å². The summed E-state index contributed by atoms with van der Waals surface area (Å²) in [5, 5.41) is 4.22. The molecular weight excluding hydrogens is 348 g/mol. The van der Waals surface area contributed by atoms with Crippen molar-refractivity contribution in [1.82, 2.24) is 15.0 Å². The average molecular weight is 373 g/mol. The van der Waals surface area contributed by atoms with Crippen molar-refractivity contribution >= 4 is 17.3 Å². The first-order chi connectivity index (χ1) is 12.5. The minimum atomic E-state index is -0.621. The Bertz CT molecular complexity index is 808. The Balaban J connectivity index is 1.57. The zero-order chi connectivity index (χ0) is 18.1. The fraction of sp³-hybridized carbons (Fsp3) is 0.421. The Morgan fingerprint density at radius 2 is 2.12 bits per heavy atom. The summed E-state index contributed by atoms with van der Waals surface area (Å²) in [6.07, 6.45) is 9.84. The highest BCUT2D eigenvalue weighted by Gasteiger charge is 2.39. The predicted molar refractivity (Wildman–Crippen MR) is 105 cm³/mol. The standard InChI is InChI=1S/C19H25ClN6/c20-15-3-1-2-13(10-15)12-24-17-11-19(22,14-4-6-16(21)7-5-14)25-26-9-8-23-18(17)26/h1-3,8-11,14,16,24-25H,4-7,12,21-22H2. The first-order valence-electron chi connectivity index (χ1n) is 9.11. The lowest BCUT2D eigenvalue weighted by Gasteiger charge is -2.42. The molecule has 2 aliphatic rings. The molecule has 6 N–H and O–H groups in total. The highest BCUT2D eigenvalue weighted by atomic mass is 35.5. The van der Waals surface area contributed by atoms with E-state index in [0.717, 1.165) is 47.8 Å². The SMILES string of the molecule is NC1CCC(C2(N)C=C(NCc3cccc(Cl)c3)c3nccn3N2)CC1. The molecule has 0 bridgehead atoms. The Hall–Kier alpha value is -2.02. The van der Waals surface area contributed by atoms with E-state index in [1.165, 1.54) is 0 Å². The third-order valence-electron chi connectivity index (χ3n) is 5.40. The van der Waals surface area contributed by atoms with Crippen LogP contribution in [-0.4, -0.2) is 21.4 Å². The number of nitrogens with two attached hydrogens (primary N) is 2. The molecule has 1 aromatic heterocycles. The van der Waals surface area contributed by atoms with E-state index >= 15 is 0 Å². The monoisotopic (exact) mass is 372 g/mol. The maximum absolute atomic E-state index is 6.80. The average Bonchev–Trinajstić information content (AvgIpc) is 3.08. The van der Waals surface area contributed by atoms with Gasteiger partial charge in [0.25, 0.3) is 0 Å². The zero-order valence-corrected chi connectivity index (χ0v) is 15.4. The van der Waals surface area contributed by atoms with E-state index < -0.39 is 5.66 Å². The van der Waals surface area contributed by atoms with Crippen molar-refractivity contribution in [3.8, 4) is 0 Å². The Kier molecular flexibility index (Phi) is 4.65. The molecule has 6 nitrogen and oxygen atoms in total. The first kappa shape index (κ1) is 17.4. The molecule has 1 aliphatic heterocycles. The van der Waals surface area contributed by atoms with E-state index in [2.05, 4.69) is 21.8 Å². The maximum Gasteiger partial charge on any atom is 0.174 e. The number of benzene rings is 1. The van der Waals surface area contributed by atoms with E-state index in [1.807, 2.05) is 35.1 Å². The molecule has 1 atom stereocenters. The largest absolute Gasteiger partial charge is 0.378 e. The van der Waals surface area contributed by atoms with Gasteiger partial charge in [-0.15, -0.1) is 0 Å². The number of rotatable bonds is 4. The molecule has 138 valence electrons. The van der Waals surface area contributed by atoms with Gasteiger partial charge in [-0.1, -0.05) is 23.7 Å². The number of halogens is 1. The number of fused-ring (bicyclic) bond motifs is 1. The van der Waals surface area contributed by atoms with E-state index in [1.54, 1.807) is 6.20 Å². The van der Waals surface area contributed by atoms with Crippen LogP contribution in [0, 0.1) is 5.92 Å². The quantitative estimate of drug-likeness (QED) is 0.661. The Morgan fingerprint density at radius 1 is 1.31 bits per heavy atom. The minimum absolute atomic E-state index is 0.298. The lowest BCUT2D eigenvalue weighted by atomic mass is 9.78. The molecule has 1 aromatic carbocycles. The van der Waals surface area contributed by atoms with Gasteiger partial charge in [-0.3, -0.25) is 0 Å². The Morgan fingerprint density at radius 3 is 2.88 bits per heavy atom. The molecule has 26 heavy (non-hydrogen) atoms. The molecule has 0 saturated heterocycles. The fourth-order valence-corrected chi connectivity index (χ4v) is 4.13. The van der Waals surface area contributed by atoms with Gasteiger partial charge in [-0.05, 0) is 49.5 Å². The van der Waals surface area contributed by atoms with Crippen LogP contribution in [0.15, 0.2) is 42.7 Å². The van der Waals surface area contributed by atoms with Gasteiger partial charge in [0.15, 0.2) is 5.82 Å². The van der Waals surface area contributed by atoms with E-state index in [9.17, 15) is 0 Å². The molecule has 2 heterocycles. The van der Waals surface area contributed by atoms with Crippen LogP contribution in [0.5, 0.6) is 0 Å². The van der Waals surface area contributed by atoms with Crippen molar-refractivity contribution in [3.63, 3.8) is 0 Å². The van der Waals surface area contributed by atoms with Gasteiger partial charge < -0.3 is 22.2 Å². The first-order valence-corrected chi connectivity index (χ1v) is 9.49. The number of hydrogen-bond acceptors (Lipinski definition) is 5. The number of nitrogens with one attached hydrogen (secondary N) is 2. The third-order valence-corrected chi connectivity index (χ3v) is 5.63. The van der Waals surface area contributed by atoms with Crippen molar-refractivity contribution in [2.45, 2.75) is 43.9 Å². The summed E-state index contributed by atoms with van der Waals surface area (Å²) >= 11 is 6.09. The molecule has 1 unspecified atom stereocenters. The molecule has 1 aliphatic carbocycles. The predicted octanol–water partition coefficient (Wildman–Crippen LogP) is 2.40. The van der Waals surface area contributed by atoms with Gasteiger partial charge in [0.1, 0.15) is 5.66 Å². The fourth-order valence-electron chi connectivity index (χ4n) is 3.92. The van der Waals surface area contributed by atoms with Gasteiger partial charge in [0.2, 0.25) is 0 Å². The van der Waals surface area contributed by atoms with E-state index in [-0.39, 0.29) is 0 Å². The van der Waals surface area contributed by atoms with E-state index in [4.69, 9.17) is 23.1 Å². The van der Waals surface area contributed by atoms with Crippen LogP contribution < -0.4 is 22.2 Å². The molecule has 0 radical (unpaired) electrons. The summed E-state index contributed by atoms with van der Waals surface area (Å²) in [5.41, 5.74) is 17.7. The van der Waals surface area contributed by atoms with Crippen LogP contribution in [0.1, 0.15) is 37.1 Å². The summed E-state index contributed by atoms with van der Waals surface area (Å²) in [6, 6.07) is 8.13. The highest BCUT2D eigenvalue weighted by Crippen LogP contribution is 2.34. The van der Waals surface area contributed by atoms with Gasteiger partial charge >= 0.3 is 0 Å². The lowest BCUT2D eigenvalue weighted by Crippen LogP contribution is -2.59. The van der Waals surface area contributed by atoms with Crippen molar-refractivity contribution in [3.05, 3.63) is 59.1 Å². The minimum Gasteiger partial charge on any atom is -0.378 e. The molecule has 2 aromatic rings. The second kappa shape index (κ2) is 6.95. The normalized spacial score (nSPS) is 28.0. The van der Waals surface area contributed by atoms with Crippen LogP contribution in [0.3, 0.4) is 0 Å². The highest BCUT2D eigenvalue weighted by molar-refractivity contribution is 6.30. The second-order valence-corrected chi connectivity index (χ2v) is 7.76. The van der Waals surface area contributed by atoms with Gasteiger partial charge in [-0.25, -0.2) is 9.66 Å². The van der Waals surface area contributed by atoms with Crippen LogP contribution in [-0.2, 0) is 6.54 Å². The molecule has 4 rings (SSSR count). The maximum atomic E-state index is 6.80. The molecule has 0 amide bonds. The van der Waals surface area contributed by atoms with Gasteiger partial charge in [0, 0.05) is 35.9 Å². The molecular formula is C19H25ClN6. The van der Waals surface area contributed by atoms with Gasteiger partial charge in [-0.2, -0.15) is 0 Å². The third kappa shape index (κ3) is 3.45. The topological polar surface area (TPSA) is 93.9 Å². The Labute approximate surface area is 158 Å². The lowest BCUT2D eigenvalue weighted by molar-refractivity contribution is 0.238. The number of hydrogen-bond donors (Lipinski definition) is 4. The number of aromatic nitrogens is 2. The van der Waals surface area contributed by atoms with Crippen LogP contribution in [0.4, 0.5) is 0 Å². The molecule has 0 spiro atoms. The summed E-state index contributed by atoms with van der Waals surface area (Å²) in [5.74, 6) is 1.17. The number of nitrogens with zero attached hydrogens (tertiary/aromatic N) is 2. The van der Waals surface area contributed by atoms with Crippen molar-refractivity contribution < 1.29 is 0 Å². The number of imidazole rings is 1. The summed E-state index contributed by atoms with van der Waals surface area (Å²) in [7, 11) is 0. The molecule has 7 heteroatoms. The van der Waals surface area contributed by atoms with Crippen molar-refractivity contribution in [1.29, 1.82) is 0 Å². The molecule has 1 saturated carbocycles. The van der Waals surface area contributed by atoms with Crippen LogP contribution in [0.2, 0.25) is 5.02 Å².